The zero-order valence-electron chi connectivity index (χ0n) is 14.6. The van der Waals surface area contributed by atoms with Crippen molar-refractivity contribution in [3.63, 3.8) is 0 Å². The van der Waals surface area contributed by atoms with Crippen LogP contribution < -0.4 is 5.76 Å². The zero-order chi connectivity index (χ0) is 18.2. The average molecular weight is 343 g/mol. The van der Waals surface area contributed by atoms with Gasteiger partial charge in [-0.1, -0.05) is 0 Å². The van der Waals surface area contributed by atoms with Gasteiger partial charge in [0.05, 0.1) is 17.1 Å². The second-order valence-electron chi connectivity index (χ2n) is 7.23. The van der Waals surface area contributed by atoms with Crippen LogP contribution in [0.4, 0.5) is 4.79 Å². The number of benzene rings is 1. The van der Waals surface area contributed by atoms with Gasteiger partial charge >= 0.3 is 11.8 Å². The highest BCUT2D eigenvalue weighted by molar-refractivity contribution is 5.75. The number of fused-ring (bicyclic) bond motifs is 1. The second kappa shape index (κ2) is 6.28. The van der Waals surface area contributed by atoms with Gasteiger partial charge in [-0.2, -0.15) is 5.26 Å². The molecule has 7 nitrogen and oxygen atoms in total. The Labute approximate surface area is 145 Å². The number of hydrogen-bond acceptors (Lipinski definition) is 5. The first-order valence-electron chi connectivity index (χ1n) is 8.31. The van der Waals surface area contributed by atoms with Gasteiger partial charge in [0.2, 0.25) is 0 Å². The molecule has 25 heavy (non-hydrogen) atoms. The minimum absolute atomic E-state index is 0.0682. The standard InChI is InChI=1S/C18H21N3O4/c1-18(2,3)25-16(22)20-8-6-13(7-9-20)21-14-10-12(11-19)4-5-15(14)24-17(21)23/h4-5,10,13H,6-9H2,1-3H3. The highest BCUT2D eigenvalue weighted by Crippen LogP contribution is 2.27. The predicted molar refractivity (Wildman–Crippen MR) is 91.3 cm³/mol. The quantitative estimate of drug-likeness (QED) is 0.794. The maximum absolute atomic E-state index is 12.2. The summed E-state index contributed by atoms with van der Waals surface area (Å²) < 4.78 is 12.3. The van der Waals surface area contributed by atoms with E-state index in [9.17, 15) is 9.59 Å². The number of hydrogen-bond donors (Lipinski definition) is 0. The molecule has 7 heteroatoms. The summed E-state index contributed by atoms with van der Waals surface area (Å²) in [6.07, 6.45) is 0.928. The van der Waals surface area contributed by atoms with Crippen LogP contribution in [-0.4, -0.2) is 34.3 Å². The Balaban J connectivity index is 1.79. The Bertz CT molecular complexity index is 890. The number of nitriles is 1. The minimum atomic E-state index is -0.528. The number of piperidine rings is 1. The lowest BCUT2D eigenvalue weighted by molar-refractivity contribution is 0.0188. The number of ether oxygens (including phenoxy) is 1. The van der Waals surface area contributed by atoms with E-state index in [-0.39, 0.29) is 12.1 Å². The highest BCUT2D eigenvalue weighted by Gasteiger charge is 2.29. The molecule has 0 aliphatic carbocycles. The van der Waals surface area contributed by atoms with E-state index in [1.165, 1.54) is 0 Å². The maximum atomic E-state index is 12.2. The molecule has 1 amide bonds. The molecule has 1 aromatic carbocycles. The lowest BCUT2D eigenvalue weighted by Gasteiger charge is -2.33. The van der Waals surface area contributed by atoms with E-state index < -0.39 is 11.4 Å². The van der Waals surface area contributed by atoms with Crippen LogP contribution in [0.15, 0.2) is 27.4 Å². The lowest BCUT2D eigenvalue weighted by atomic mass is 10.0. The van der Waals surface area contributed by atoms with Crippen molar-refractivity contribution in [1.82, 2.24) is 9.47 Å². The van der Waals surface area contributed by atoms with Crippen molar-refractivity contribution in [2.45, 2.75) is 45.3 Å². The monoisotopic (exact) mass is 343 g/mol. The summed E-state index contributed by atoms with van der Waals surface area (Å²) in [6.45, 7) is 6.53. The van der Waals surface area contributed by atoms with Crippen molar-refractivity contribution < 1.29 is 13.9 Å². The van der Waals surface area contributed by atoms with Crippen molar-refractivity contribution in [2.75, 3.05) is 13.1 Å². The van der Waals surface area contributed by atoms with E-state index in [0.717, 1.165) is 0 Å². The molecule has 1 saturated heterocycles. The molecule has 0 N–H and O–H groups in total. The van der Waals surface area contributed by atoms with E-state index in [2.05, 4.69) is 6.07 Å². The fourth-order valence-corrected chi connectivity index (χ4v) is 3.08. The summed E-state index contributed by atoms with van der Waals surface area (Å²) in [7, 11) is 0. The van der Waals surface area contributed by atoms with E-state index in [1.54, 1.807) is 27.7 Å². The second-order valence-corrected chi connectivity index (χ2v) is 7.23. The molecule has 1 aromatic heterocycles. The first kappa shape index (κ1) is 17.1. The third-order valence-corrected chi connectivity index (χ3v) is 4.22. The fourth-order valence-electron chi connectivity index (χ4n) is 3.08. The molecule has 2 heterocycles. The SMILES string of the molecule is CC(C)(C)OC(=O)N1CCC(n2c(=O)oc3ccc(C#N)cc32)CC1. The van der Waals surface area contributed by atoms with Gasteiger partial charge in [-0.25, -0.2) is 9.59 Å². The smallest absolute Gasteiger partial charge is 0.420 e. The molecule has 1 aliphatic heterocycles. The van der Waals surface area contributed by atoms with E-state index in [4.69, 9.17) is 14.4 Å². The third kappa shape index (κ3) is 3.53. The summed E-state index contributed by atoms with van der Waals surface area (Å²) in [5, 5.41) is 9.07. The highest BCUT2D eigenvalue weighted by atomic mass is 16.6. The van der Waals surface area contributed by atoms with Crippen LogP contribution in [0.3, 0.4) is 0 Å². The average Bonchev–Trinajstić information content (AvgIpc) is 2.88. The van der Waals surface area contributed by atoms with Crippen LogP contribution in [0.5, 0.6) is 0 Å². The van der Waals surface area contributed by atoms with Gasteiger partial charge in [0, 0.05) is 19.1 Å². The summed E-state index contributed by atoms with van der Waals surface area (Å²) >= 11 is 0. The largest absolute Gasteiger partial charge is 0.444 e. The molecule has 0 bridgehead atoms. The van der Waals surface area contributed by atoms with Gasteiger partial charge in [0.25, 0.3) is 0 Å². The Morgan fingerprint density at radius 3 is 2.60 bits per heavy atom. The topological polar surface area (TPSA) is 88.5 Å². The summed E-state index contributed by atoms with van der Waals surface area (Å²) in [6, 6.07) is 6.94. The molecular weight excluding hydrogens is 322 g/mol. The van der Waals surface area contributed by atoms with Gasteiger partial charge in [0.15, 0.2) is 5.58 Å². The zero-order valence-corrected chi connectivity index (χ0v) is 14.6. The van der Waals surface area contributed by atoms with E-state index >= 15 is 0 Å². The Morgan fingerprint density at radius 1 is 1.32 bits per heavy atom. The number of amides is 1. The van der Waals surface area contributed by atoms with Crippen LogP contribution in [0, 0.1) is 11.3 Å². The first-order valence-corrected chi connectivity index (χ1v) is 8.31. The molecule has 132 valence electrons. The first-order chi connectivity index (χ1) is 11.8. The van der Waals surface area contributed by atoms with Crippen LogP contribution in [0.1, 0.15) is 45.2 Å². The van der Waals surface area contributed by atoms with Gasteiger partial charge in [-0.15, -0.1) is 0 Å². The molecule has 0 unspecified atom stereocenters. The summed E-state index contributed by atoms with van der Waals surface area (Å²) in [5.74, 6) is -0.430. The van der Waals surface area contributed by atoms with Crippen LogP contribution in [-0.2, 0) is 4.74 Å². The minimum Gasteiger partial charge on any atom is -0.444 e. The molecule has 1 aliphatic rings. The van der Waals surface area contributed by atoms with E-state index in [1.807, 2.05) is 20.8 Å². The van der Waals surface area contributed by atoms with E-state index in [0.29, 0.717) is 42.6 Å². The Kier molecular flexibility index (Phi) is 4.29. The van der Waals surface area contributed by atoms with Crippen LogP contribution in [0.25, 0.3) is 11.1 Å². The molecule has 0 radical (unpaired) electrons. The number of carbonyl (C=O) groups is 1. The van der Waals surface area contributed by atoms with Gasteiger partial charge in [-0.3, -0.25) is 4.57 Å². The Hall–Kier alpha value is -2.75. The number of likely N-dealkylation sites (tertiary alicyclic amines) is 1. The molecule has 1 fully saturated rings. The number of carbonyl (C=O) groups excluding carboxylic acids is 1. The molecule has 0 saturated carbocycles. The van der Waals surface area contributed by atoms with Crippen molar-refractivity contribution >= 4 is 17.2 Å². The van der Waals surface area contributed by atoms with Gasteiger partial charge < -0.3 is 14.1 Å². The molecule has 0 spiro atoms. The summed E-state index contributed by atoms with van der Waals surface area (Å²) in [4.78, 5) is 26.1. The van der Waals surface area contributed by atoms with Gasteiger partial charge in [-0.05, 0) is 51.8 Å². The van der Waals surface area contributed by atoms with Crippen LogP contribution in [0.2, 0.25) is 0 Å². The Morgan fingerprint density at radius 2 is 2.00 bits per heavy atom. The molecule has 0 atom stereocenters. The summed E-state index contributed by atoms with van der Waals surface area (Å²) in [5.41, 5.74) is 1.05. The normalized spacial score (nSPS) is 16.0. The number of nitrogens with zero attached hydrogens (tertiary/aromatic N) is 3. The number of oxazole rings is 1. The van der Waals surface area contributed by atoms with Crippen molar-refractivity contribution in [1.29, 1.82) is 5.26 Å². The molecule has 2 aromatic rings. The lowest BCUT2D eigenvalue weighted by Crippen LogP contribution is -2.42. The predicted octanol–water partition coefficient (Wildman–Crippen LogP) is 3.04. The van der Waals surface area contributed by atoms with Crippen molar-refractivity contribution in [2.24, 2.45) is 0 Å². The molecular formula is C18H21N3O4. The van der Waals surface area contributed by atoms with Gasteiger partial charge in [0.1, 0.15) is 5.60 Å². The van der Waals surface area contributed by atoms with Crippen LogP contribution >= 0.6 is 0 Å². The maximum Gasteiger partial charge on any atom is 0.420 e. The van der Waals surface area contributed by atoms with Crippen molar-refractivity contribution in [3.8, 4) is 6.07 Å². The number of rotatable bonds is 1. The van der Waals surface area contributed by atoms with Crippen molar-refractivity contribution in [3.05, 3.63) is 34.3 Å². The number of aromatic nitrogens is 1. The molecule has 3 rings (SSSR count). The fraction of sp³-hybridized carbons (Fsp3) is 0.500. The third-order valence-electron chi connectivity index (χ3n) is 4.22.